The molecule has 0 aliphatic heterocycles. The van der Waals surface area contributed by atoms with Crippen molar-refractivity contribution in [1.29, 1.82) is 0 Å². The zero-order valence-corrected chi connectivity index (χ0v) is 6.59. The lowest BCUT2D eigenvalue weighted by molar-refractivity contribution is -0.140. The standard InChI is InChI=1S/C7H4F4S/c8-6-3-4(12)1-2-5(6)7(9,10)11/h1-3,12H. The van der Waals surface area contributed by atoms with Gasteiger partial charge in [-0.3, -0.25) is 0 Å². The monoisotopic (exact) mass is 196 g/mol. The van der Waals surface area contributed by atoms with Crippen LogP contribution in [0.3, 0.4) is 0 Å². The van der Waals surface area contributed by atoms with Gasteiger partial charge in [-0.1, -0.05) is 0 Å². The van der Waals surface area contributed by atoms with Crippen molar-refractivity contribution >= 4 is 12.6 Å². The summed E-state index contributed by atoms with van der Waals surface area (Å²) < 4.78 is 48.3. The van der Waals surface area contributed by atoms with Crippen LogP contribution in [-0.2, 0) is 6.18 Å². The van der Waals surface area contributed by atoms with Crippen molar-refractivity contribution < 1.29 is 17.6 Å². The van der Waals surface area contributed by atoms with Crippen LogP contribution in [0.2, 0.25) is 0 Å². The van der Waals surface area contributed by atoms with Crippen LogP contribution >= 0.6 is 12.6 Å². The average Bonchev–Trinajstić information content (AvgIpc) is 1.83. The van der Waals surface area contributed by atoms with E-state index in [-0.39, 0.29) is 4.90 Å². The van der Waals surface area contributed by atoms with E-state index in [1.54, 1.807) is 0 Å². The molecule has 0 saturated heterocycles. The van der Waals surface area contributed by atoms with E-state index in [1.807, 2.05) is 0 Å². The van der Waals surface area contributed by atoms with Crippen molar-refractivity contribution in [2.75, 3.05) is 0 Å². The second-order valence-corrected chi connectivity index (χ2v) is 2.68. The Kier molecular flexibility index (Phi) is 2.32. The molecule has 1 aromatic rings. The fourth-order valence-corrected chi connectivity index (χ4v) is 0.922. The summed E-state index contributed by atoms with van der Waals surface area (Å²) in [4.78, 5) is 0.167. The molecular weight excluding hydrogens is 192 g/mol. The first-order valence-electron chi connectivity index (χ1n) is 2.97. The van der Waals surface area contributed by atoms with Gasteiger partial charge < -0.3 is 0 Å². The molecule has 0 atom stereocenters. The van der Waals surface area contributed by atoms with Gasteiger partial charge >= 0.3 is 6.18 Å². The normalized spacial score (nSPS) is 11.8. The number of hydrogen-bond acceptors (Lipinski definition) is 1. The molecule has 0 heterocycles. The third kappa shape index (κ3) is 1.91. The molecule has 1 aromatic carbocycles. The Bertz CT molecular complexity index is 292. The SMILES string of the molecule is Fc1cc(S)ccc1C(F)(F)F. The summed E-state index contributed by atoms with van der Waals surface area (Å²) >= 11 is 3.69. The summed E-state index contributed by atoms with van der Waals surface area (Å²) in [5.74, 6) is -1.30. The van der Waals surface area contributed by atoms with Crippen LogP contribution in [0, 0.1) is 5.82 Å². The summed E-state index contributed by atoms with van der Waals surface area (Å²) in [5.41, 5.74) is -1.26. The van der Waals surface area contributed by atoms with Crippen LogP contribution in [0.25, 0.3) is 0 Å². The first kappa shape index (κ1) is 9.38. The minimum absolute atomic E-state index is 0.167. The van der Waals surface area contributed by atoms with Gasteiger partial charge in [-0.25, -0.2) is 4.39 Å². The van der Waals surface area contributed by atoms with Crippen molar-refractivity contribution in [1.82, 2.24) is 0 Å². The van der Waals surface area contributed by atoms with Crippen LogP contribution in [-0.4, -0.2) is 0 Å². The molecule has 0 aliphatic carbocycles. The van der Waals surface area contributed by atoms with Crippen LogP contribution < -0.4 is 0 Å². The molecule has 0 aromatic heterocycles. The lowest BCUT2D eigenvalue weighted by atomic mass is 10.2. The van der Waals surface area contributed by atoms with Crippen molar-refractivity contribution in [3.8, 4) is 0 Å². The molecule has 0 aliphatic rings. The summed E-state index contributed by atoms with van der Waals surface area (Å²) in [6.07, 6.45) is -4.63. The fourth-order valence-electron chi connectivity index (χ4n) is 0.734. The van der Waals surface area contributed by atoms with E-state index in [0.717, 1.165) is 12.1 Å². The summed E-state index contributed by atoms with van der Waals surface area (Å²) in [7, 11) is 0. The summed E-state index contributed by atoms with van der Waals surface area (Å²) in [5, 5.41) is 0. The Morgan fingerprint density at radius 2 is 1.75 bits per heavy atom. The first-order chi connectivity index (χ1) is 5.41. The molecule has 0 spiro atoms. The largest absolute Gasteiger partial charge is 0.419 e. The maximum Gasteiger partial charge on any atom is 0.419 e. The molecule has 0 amide bonds. The van der Waals surface area contributed by atoms with Gasteiger partial charge in [0.25, 0.3) is 0 Å². The number of hydrogen-bond donors (Lipinski definition) is 1. The van der Waals surface area contributed by atoms with Gasteiger partial charge in [-0.05, 0) is 18.2 Å². The zero-order chi connectivity index (χ0) is 9.35. The topological polar surface area (TPSA) is 0 Å². The van der Waals surface area contributed by atoms with Gasteiger partial charge in [-0.2, -0.15) is 13.2 Å². The molecular formula is C7H4F4S. The molecule has 5 heteroatoms. The highest BCUT2D eigenvalue weighted by atomic mass is 32.1. The van der Waals surface area contributed by atoms with Crippen LogP contribution in [0.1, 0.15) is 5.56 Å². The van der Waals surface area contributed by atoms with Gasteiger partial charge in [0.05, 0.1) is 5.56 Å². The quantitative estimate of drug-likeness (QED) is 0.478. The van der Waals surface area contributed by atoms with Crippen LogP contribution in [0.5, 0.6) is 0 Å². The summed E-state index contributed by atoms with van der Waals surface area (Å²) in [6.45, 7) is 0. The van der Waals surface area contributed by atoms with Gasteiger partial charge in [0.1, 0.15) is 5.82 Å². The molecule has 0 radical (unpaired) electrons. The smallest absolute Gasteiger partial charge is 0.206 e. The predicted octanol–water partition coefficient (Wildman–Crippen LogP) is 3.13. The molecule has 0 unspecified atom stereocenters. The molecule has 12 heavy (non-hydrogen) atoms. The molecule has 0 nitrogen and oxygen atoms in total. The third-order valence-electron chi connectivity index (χ3n) is 1.26. The number of alkyl halides is 3. The average molecular weight is 196 g/mol. The maximum atomic E-state index is 12.6. The highest BCUT2D eigenvalue weighted by molar-refractivity contribution is 7.80. The third-order valence-corrected chi connectivity index (χ3v) is 1.54. The Hall–Kier alpha value is -0.710. The van der Waals surface area contributed by atoms with E-state index in [1.165, 1.54) is 0 Å². The molecule has 1 rings (SSSR count). The Labute approximate surface area is 71.6 Å². The minimum Gasteiger partial charge on any atom is -0.206 e. The van der Waals surface area contributed by atoms with Gasteiger partial charge in [0.2, 0.25) is 0 Å². The van der Waals surface area contributed by atoms with Crippen molar-refractivity contribution in [3.63, 3.8) is 0 Å². The highest BCUT2D eigenvalue weighted by Gasteiger charge is 2.33. The number of benzene rings is 1. The van der Waals surface area contributed by atoms with Gasteiger partial charge in [-0.15, -0.1) is 12.6 Å². The van der Waals surface area contributed by atoms with E-state index in [9.17, 15) is 17.6 Å². The minimum atomic E-state index is -4.63. The van der Waals surface area contributed by atoms with Crippen molar-refractivity contribution in [2.45, 2.75) is 11.1 Å². The van der Waals surface area contributed by atoms with E-state index in [4.69, 9.17) is 0 Å². The molecule has 0 N–H and O–H groups in total. The predicted molar refractivity (Wildman–Crippen MR) is 38.7 cm³/mol. The van der Waals surface area contributed by atoms with Gasteiger partial charge in [0.15, 0.2) is 0 Å². The lowest BCUT2D eigenvalue weighted by Gasteiger charge is -2.07. The van der Waals surface area contributed by atoms with E-state index < -0.39 is 17.6 Å². The summed E-state index contributed by atoms with van der Waals surface area (Å²) in [6, 6.07) is 2.48. The Balaban J connectivity index is 3.19. The highest BCUT2D eigenvalue weighted by Crippen LogP contribution is 2.31. The van der Waals surface area contributed by atoms with Gasteiger partial charge in [0, 0.05) is 4.90 Å². The van der Waals surface area contributed by atoms with E-state index >= 15 is 0 Å². The number of rotatable bonds is 0. The number of halogens is 4. The number of thiol groups is 1. The molecule has 0 bridgehead atoms. The second-order valence-electron chi connectivity index (χ2n) is 2.16. The van der Waals surface area contributed by atoms with E-state index in [0.29, 0.717) is 6.07 Å². The van der Waals surface area contributed by atoms with Crippen molar-refractivity contribution in [2.24, 2.45) is 0 Å². The lowest BCUT2D eigenvalue weighted by Crippen LogP contribution is -2.07. The molecule has 0 fully saturated rings. The first-order valence-corrected chi connectivity index (χ1v) is 3.41. The van der Waals surface area contributed by atoms with Crippen LogP contribution in [0.15, 0.2) is 23.1 Å². The Morgan fingerprint density at radius 3 is 2.17 bits per heavy atom. The maximum absolute atomic E-state index is 12.6. The van der Waals surface area contributed by atoms with Crippen molar-refractivity contribution in [3.05, 3.63) is 29.6 Å². The zero-order valence-electron chi connectivity index (χ0n) is 5.69. The molecule has 66 valence electrons. The molecule has 0 saturated carbocycles. The fraction of sp³-hybridized carbons (Fsp3) is 0.143. The second kappa shape index (κ2) is 2.97. The Morgan fingerprint density at radius 1 is 1.17 bits per heavy atom. The van der Waals surface area contributed by atoms with Crippen LogP contribution in [0.4, 0.5) is 17.6 Å². The van der Waals surface area contributed by atoms with E-state index in [2.05, 4.69) is 12.6 Å².